The average Bonchev–Trinajstić information content (AvgIpc) is 2.86. The van der Waals surface area contributed by atoms with Crippen LogP contribution in [0.2, 0.25) is 0 Å². The molecule has 1 aliphatic heterocycles. The summed E-state index contributed by atoms with van der Waals surface area (Å²) in [5.74, 6) is 0.633. The third-order valence-corrected chi connectivity index (χ3v) is 4.71. The second kappa shape index (κ2) is 6.31. The summed E-state index contributed by atoms with van der Waals surface area (Å²) in [7, 11) is 0. The predicted molar refractivity (Wildman–Crippen MR) is 70.6 cm³/mol. The molecule has 1 saturated carbocycles. The summed E-state index contributed by atoms with van der Waals surface area (Å²) in [6, 6.07) is -0.890. The van der Waals surface area contributed by atoms with E-state index in [-0.39, 0.29) is 6.03 Å². The van der Waals surface area contributed by atoms with Crippen molar-refractivity contribution in [3.8, 4) is 0 Å². The van der Waals surface area contributed by atoms with E-state index in [9.17, 15) is 9.59 Å². The highest BCUT2D eigenvalue weighted by atomic mass is 32.2. The highest BCUT2D eigenvalue weighted by Gasteiger charge is 2.34. The number of nitrogens with one attached hydrogen (secondary N) is 1. The van der Waals surface area contributed by atoms with E-state index in [0.717, 1.165) is 0 Å². The lowest BCUT2D eigenvalue weighted by atomic mass is 9.89. The number of urea groups is 1. The lowest BCUT2D eigenvalue weighted by molar-refractivity contribution is -0.140. The summed E-state index contributed by atoms with van der Waals surface area (Å²) < 4.78 is 0. The number of thioether (sulfide) groups is 1. The number of hydrogen-bond donors (Lipinski definition) is 2. The van der Waals surface area contributed by atoms with Gasteiger partial charge in [0.15, 0.2) is 0 Å². The SMILES string of the molecule is O=C(O)C1CSCN1C(=O)NCC1CCCCC1. The monoisotopic (exact) mass is 272 g/mol. The fourth-order valence-electron chi connectivity index (χ4n) is 2.57. The van der Waals surface area contributed by atoms with Gasteiger partial charge in [0.05, 0.1) is 5.88 Å². The molecule has 6 heteroatoms. The third kappa shape index (κ3) is 3.31. The molecule has 2 aliphatic rings. The molecule has 0 radical (unpaired) electrons. The first-order valence-electron chi connectivity index (χ1n) is 6.53. The minimum absolute atomic E-state index is 0.224. The van der Waals surface area contributed by atoms with Crippen molar-refractivity contribution in [2.75, 3.05) is 18.2 Å². The van der Waals surface area contributed by atoms with E-state index in [1.54, 1.807) is 0 Å². The number of carbonyl (C=O) groups excluding carboxylic acids is 1. The van der Waals surface area contributed by atoms with Crippen molar-refractivity contribution in [2.45, 2.75) is 38.1 Å². The largest absolute Gasteiger partial charge is 0.480 e. The molecule has 0 aromatic rings. The maximum atomic E-state index is 11.9. The van der Waals surface area contributed by atoms with Crippen LogP contribution in [0.3, 0.4) is 0 Å². The first-order chi connectivity index (χ1) is 8.68. The van der Waals surface area contributed by atoms with Gasteiger partial charge in [-0.05, 0) is 18.8 Å². The lowest BCUT2D eigenvalue weighted by Crippen LogP contribution is -2.47. The highest BCUT2D eigenvalue weighted by molar-refractivity contribution is 7.99. The van der Waals surface area contributed by atoms with E-state index < -0.39 is 12.0 Å². The minimum Gasteiger partial charge on any atom is -0.480 e. The van der Waals surface area contributed by atoms with E-state index >= 15 is 0 Å². The van der Waals surface area contributed by atoms with E-state index in [2.05, 4.69) is 5.32 Å². The fourth-order valence-corrected chi connectivity index (χ4v) is 3.72. The Kier molecular flexibility index (Phi) is 4.74. The van der Waals surface area contributed by atoms with Crippen LogP contribution < -0.4 is 5.32 Å². The van der Waals surface area contributed by atoms with Crippen LogP contribution in [-0.4, -0.2) is 46.2 Å². The summed E-state index contributed by atoms with van der Waals surface area (Å²) in [5.41, 5.74) is 0. The van der Waals surface area contributed by atoms with Gasteiger partial charge in [-0.1, -0.05) is 19.3 Å². The summed E-state index contributed by atoms with van der Waals surface area (Å²) in [4.78, 5) is 24.4. The second-order valence-corrected chi connectivity index (χ2v) is 6.01. The number of carbonyl (C=O) groups is 2. The van der Waals surface area contributed by atoms with Crippen LogP contribution in [0, 0.1) is 5.92 Å². The number of rotatable bonds is 3. The molecule has 2 N–H and O–H groups in total. The first kappa shape index (κ1) is 13.5. The van der Waals surface area contributed by atoms with Crippen LogP contribution in [0.5, 0.6) is 0 Å². The normalized spacial score (nSPS) is 25.1. The molecule has 0 aromatic heterocycles. The van der Waals surface area contributed by atoms with Gasteiger partial charge in [-0.15, -0.1) is 11.8 Å². The van der Waals surface area contributed by atoms with Gasteiger partial charge in [0.25, 0.3) is 0 Å². The van der Waals surface area contributed by atoms with Gasteiger partial charge in [0.1, 0.15) is 6.04 Å². The zero-order chi connectivity index (χ0) is 13.0. The van der Waals surface area contributed by atoms with Gasteiger partial charge in [-0.3, -0.25) is 0 Å². The molecule has 0 aromatic carbocycles. The first-order valence-corrected chi connectivity index (χ1v) is 7.69. The Morgan fingerprint density at radius 1 is 1.28 bits per heavy atom. The van der Waals surface area contributed by atoms with Gasteiger partial charge in [0, 0.05) is 12.3 Å². The molecule has 0 spiro atoms. The third-order valence-electron chi connectivity index (χ3n) is 3.69. The second-order valence-electron chi connectivity index (χ2n) is 5.01. The van der Waals surface area contributed by atoms with Crippen LogP contribution in [0.25, 0.3) is 0 Å². The smallest absolute Gasteiger partial charge is 0.327 e. The quantitative estimate of drug-likeness (QED) is 0.821. The molecular weight excluding hydrogens is 252 g/mol. The Morgan fingerprint density at radius 3 is 2.67 bits per heavy atom. The lowest BCUT2D eigenvalue weighted by Gasteiger charge is -2.25. The van der Waals surface area contributed by atoms with E-state index in [1.807, 2.05) is 0 Å². The van der Waals surface area contributed by atoms with E-state index in [0.29, 0.717) is 24.1 Å². The zero-order valence-corrected chi connectivity index (χ0v) is 11.2. The summed E-state index contributed by atoms with van der Waals surface area (Å²) in [5, 5.41) is 11.9. The predicted octanol–water partition coefficient (Wildman–Crippen LogP) is 1.74. The zero-order valence-electron chi connectivity index (χ0n) is 10.4. The molecule has 2 fully saturated rings. The maximum Gasteiger partial charge on any atom is 0.327 e. The Bertz CT molecular complexity index is 318. The van der Waals surface area contributed by atoms with E-state index in [1.165, 1.54) is 48.8 Å². The average molecular weight is 272 g/mol. The Labute approximate surface area is 111 Å². The number of amides is 2. The number of carboxylic acid groups (broad SMARTS) is 1. The Morgan fingerprint density at radius 2 is 2.00 bits per heavy atom. The molecule has 2 rings (SSSR count). The van der Waals surface area contributed by atoms with Crippen molar-refractivity contribution >= 4 is 23.8 Å². The van der Waals surface area contributed by atoms with Gasteiger partial charge in [-0.2, -0.15) is 0 Å². The fraction of sp³-hybridized carbons (Fsp3) is 0.833. The van der Waals surface area contributed by atoms with Gasteiger partial charge >= 0.3 is 12.0 Å². The van der Waals surface area contributed by atoms with Gasteiger partial charge < -0.3 is 15.3 Å². The summed E-state index contributed by atoms with van der Waals surface area (Å²) in [6.45, 7) is 0.687. The van der Waals surface area contributed by atoms with Crippen LogP contribution in [0.4, 0.5) is 4.79 Å². The standard InChI is InChI=1S/C12H20N2O3S/c15-11(16)10-7-18-8-14(10)12(17)13-6-9-4-2-1-3-5-9/h9-10H,1-8H2,(H,13,17)(H,15,16). The number of carboxylic acids is 1. The van der Waals surface area contributed by atoms with Crippen molar-refractivity contribution in [1.82, 2.24) is 10.2 Å². The molecule has 102 valence electrons. The molecule has 1 saturated heterocycles. The van der Waals surface area contributed by atoms with Crippen molar-refractivity contribution in [1.29, 1.82) is 0 Å². The highest BCUT2D eigenvalue weighted by Crippen LogP contribution is 2.24. The van der Waals surface area contributed by atoms with Gasteiger partial charge in [-0.25, -0.2) is 9.59 Å². The van der Waals surface area contributed by atoms with Crippen molar-refractivity contribution < 1.29 is 14.7 Å². The molecular formula is C12H20N2O3S. The molecule has 1 aliphatic carbocycles. The summed E-state index contributed by atoms with van der Waals surface area (Å²) >= 11 is 1.49. The van der Waals surface area contributed by atoms with Crippen molar-refractivity contribution in [3.63, 3.8) is 0 Å². The number of hydrogen-bond acceptors (Lipinski definition) is 3. The molecule has 2 amide bonds. The molecule has 1 heterocycles. The maximum absolute atomic E-state index is 11.9. The van der Waals surface area contributed by atoms with E-state index in [4.69, 9.17) is 5.11 Å². The van der Waals surface area contributed by atoms with Gasteiger partial charge in [0.2, 0.25) is 0 Å². The number of nitrogens with zero attached hydrogens (tertiary/aromatic N) is 1. The Hall–Kier alpha value is -0.910. The van der Waals surface area contributed by atoms with Crippen LogP contribution in [0.15, 0.2) is 0 Å². The van der Waals surface area contributed by atoms with Crippen LogP contribution in [-0.2, 0) is 4.79 Å². The van der Waals surface area contributed by atoms with Crippen LogP contribution >= 0.6 is 11.8 Å². The molecule has 1 atom stereocenters. The Balaban J connectivity index is 1.78. The molecule has 18 heavy (non-hydrogen) atoms. The molecule has 1 unspecified atom stereocenters. The molecule has 0 bridgehead atoms. The number of aliphatic carboxylic acids is 1. The molecule has 5 nitrogen and oxygen atoms in total. The minimum atomic E-state index is -0.909. The topological polar surface area (TPSA) is 69.6 Å². The van der Waals surface area contributed by atoms with Crippen LogP contribution in [0.1, 0.15) is 32.1 Å². The van der Waals surface area contributed by atoms with Crippen molar-refractivity contribution in [3.05, 3.63) is 0 Å². The summed E-state index contributed by atoms with van der Waals surface area (Å²) in [6.07, 6.45) is 6.15. The van der Waals surface area contributed by atoms with Crippen molar-refractivity contribution in [2.24, 2.45) is 5.92 Å².